The lowest BCUT2D eigenvalue weighted by molar-refractivity contribution is -0.0224. The summed E-state index contributed by atoms with van der Waals surface area (Å²) in [4.78, 5) is 38.4. The van der Waals surface area contributed by atoms with Crippen molar-refractivity contribution in [3.05, 3.63) is 77.3 Å². The van der Waals surface area contributed by atoms with Crippen LogP contribution in [0, 0.1) is 0 Å². The minimum absolute atomic E-state index is 0.0131. The largest absolute Gasteiger partial charge is 0.455 e. The van der Waals surface area contributed by atoms with E-state index >= 15 is 0 Å². The zero-order valence-corrected chi connectivity index (χ0v) is 25.2. The molecule has 2 atom stereocenters. The number of hydrogen-bond acceptors (Lipinski definition) is 9. The number of aromatic amines is 1. The van der Waals surface area contributed by atoms with Gasteiger partial charge in [0, 0.05) is 29.4 Å². The molecule has 0 saturated carbocycles. The molecule has 4 heterocycles. The van der Waals surface area contributed by atoms with Gasteiger partial charge >= 0.3 is 6.09 Å². The van der Waals surface area contributed by atoms with E-state index in [1.807, 2.05) is 18.2 Å². The maximum Gasteiger partial charge on any atom is 0.419 e. The molecule has 3 aromatic heterocycles. The third-order valence-corrected chi connectivity index (χ3v) is 7.62. The number of carbonyl (C=O) groups excluding carboxylic acids is 2. The first-order valence-electron chi connectivity index (χ1n) is 14.3. The van der Waals surface area contributed by atoms with E-state index in [4.69, 9.17) is 25.8 Å². The number of aliphatic hydroxyl groups is 1. The average Bonchev–Trinajstić information content (AvgIpc) is 3.63. The number of H-pyrrole nitrogens is 1. The number of ketones is 1. The number of anilines is 1. The Morgan fingerprint density at radius 3 is 2.73 bits per heavy atom. The molecular formula is C32H32ClN5O6. The standard InChI is InChI=1S/C32H32ClN5O6/c1-32(2,3)44-31(41)38-12-11-18-5-4-6-25(27(18)38)43-20-9-10-22(24(33)13-20)28(40)23-14-34-29-26(23)30(36-17-35-29)37-19-7-8-21(15-39)42-16-19/h4-6,9-14,17,19,21,39H,7-8,15-16H2,1-3H3,(H2,34,35,36,37)/t19-,21+/m1/s1. The van der Waals surface area contributed by atoms with Gasteiger partial charge < -0.3 is 29.6 Å². The third kappa shape index (κ3) is 5.99. The molecule has 5 aromatic rings. The van der Waals surface area contributed by atoms with E-state index in [-0.39, 0.29) is 35.1 Å². The fourth-order valence-corrected chi connectivity index (χ4v) is 5.49. The van der Waals surface area contributed by atoms with Gasteiger partial charge in [0.25, 0.3) is 0 Å². The van der Waals surface area contributed by atoms with Crippen molar-refractivity contribution in [3.8, 4) is 11.5 Å². The van der Waals surface area contributed by atoms with E-state index in [0.717, 1.165) is 11.8 Å². The van der Waals surface area contributed by atoms with E-state index < -0.39 is 11.7 Å². The van der Waals surface area contributed by atoms with E-state index in [1.165, 1.54) is 10.9 Å². The molecule has 44 heavy (non-hydrogen) atoms. The molecule has 11 nitrogen and oxygen atoms in total. The number of rotatable bonds is 7. The molecule has 0 unspecified atom stereocenters. The summed E-state index contributed by atoms with van der Waals surface area (Å²) in [5, 5.41) is 14.3. The van der Waals surface area contributed by atoms with Crippen LogP contribution in [0.3, 0.4) is 0 Å². The highest BCUT2D eigenvalue weighted by atomic mass is 35.5. The predicted molar refractivity (Wildman–Crippen MR) is 166 cm³/mol. The molecule has 6 rings (SSSR count). The van der Waals surface area contributed by atoms with Crippen molar-refractivity contribution < 1.29 is 28.9 Å². The maximum atomic E-state index is 13.8. The minimum Gasteiger partial charge on any atom is -0.455 e. The Labute approximate surface area is 258 Å². The summed E-state index contributed by atoms with van der Waals surface area (Å²) >= 11 is 6.66. The van der Waals surface area contributed by atoms with Crippen molar-refractivity contribution in [3.63, 3.8) is 0 Å². The monoisotopic (exact) mass is 617 g/mol. The summed E-state index contributed by atoms with van der Waals surface area (Å²) in [7, 11) is 0. The molecule has 0 spiro atoms. The Morgan fingerprint density at radius 2 is 2.00 bits per heavy atom. The van der Waals surface area contributed by atoms with Gasteiger partial charge in [-0.3, -0.25) is 4.79 Å². The summed E-state index contributed by atoms with van der Waals surface area (Å²) in [6.45, 7) is 5.81. The number of halogens is 1. The van der Waals surface area contributed by atoms with Crippen LogP contribution >= 0.6 is 11.6 Å². The van der Waals surface area contributed by atoms with Crippen molar-refractivity contribution in [2.75, 3.05) is 18.5 Å². The fourth-order valence-electron chi connectivity index (χ4n) is 5.23. The normalized spacial score (nSPS) is 17.1. The van der Waals surface area contributed by atoms with Gasteiger partial charge in [-0.05, 0) is 57.9 Å². The van der Waals surface area contributed by atoms with E-state index in [0.29, 0.717) is 52.5 Å². The van der Waals surface area contributed by atoms with Gasteiger partial charge in [0.05, 0.1) is 41.3 Å². The van der Waals surface area contributed by atoms with E-state index in [2.05, 4.69) is 20.3 Å². The first-order valence-corrected chi connectivity index (χ1v) is 14.7. The van der Waals surface area contributed by atoms with E-state index in [9.17, 15) is 14.7 Å². The highest BCUT2D eigenvalue weighted by Gasteiger charge is 2.26. The maximum absolute atomic E-state index is 13.8. The van der Waals surface area contributed by atoms with Crippen LogP contribution in [0.5, 0.6) is 11.5 Å². The molecule has 2 aromatic carbocycles. The summed E-state index contributed by atoms with van der Waals surface area (Å²) in [6, 6.07) is 12.0. The number of fused-ring (bicyclic) bond motifs is 2. The number of nitrogens with zero attached hydrogens (tertiary/aromatic N) is 3. The third-order valence-electron chi connectivity index (χ3n) is 7.31. The number of aromatic nitrogens is 4. The topological polar surface area (TPSA) is 141 Å². The molecule has 228 valence electrons. The molecule has 0 aliphatic carbocycles. The Hall–Kier alpha value is -4.45. The highest BCUT2D eigenvalue weighted by molar-refractivity contribution is 6.35. The van der Waals surface area contributed by atoms with Crippen molar-refractivity contribution in [2.24, 2.45) is 0 Å². The second-order valence-corrected chi connectivity index (χ2v) is 12.0. The number of hydrogen-bond donors (Lipinski definition) is 3. The number of para-hydroxylation sites is 1. The Kier molecular flexibility index (Phi) is 8.02. The first kappa shape index (κ1) is 29.6. The van der Waals surface area contributed by atoms with Crippen LogP contribution in [0.2, 0.25) is 5.02 Å². The Balaban J connectivity index is 1.26. The Morgan fingerprint density at radius 1 is 1.16 bits per heavy atom. The van der Waals surface area contributed by atoms with Gasteiger partial charge in [-0.1, -0.05) is 23.7 Å². The molecule has 0 radical (unpaired) electrons. The highest BCUT2D eigenvalue weighted by Crippen LogP contribution is 2.35. The lowest BCUT2D eigenvalue weighted by atomic mass is 10.0. The van der Waals surface area contributed by atoms with Gasteiger partial charge in [0.1, 0.15) is 34.7 Å². The van der Waals surface area contributed by atoms with Crippen molar-refractivity contribution >= 4 is 51.2 Å². The summed E-state index contributed by atoms with van der Waals surface area (Å²) in [5.74, 6) is 1.01. The van der Waals surface area contributed by atoms with Crippen LogP contribution in [0.25, 0.3) is 21.9 Å². The van der Waals surface area contributed by atoms with E-state index in [1.54, 1.807) is 57.4 Å². The van der Waals surface area contributed by atoms with Gasteiger partial charge in [0.15, 0.2) is 11.5 Å². The van der Waals surface area contributed by atoms with Crippen LogP contribution < -0.4 is 10.1 Å². The number of nitrogens with one attached hydrogen (secondary N) is 2. The van der Waals surface area contributed by atoms with Crippen molar-refractivity contribution in [1.29, 1.82) is 0 Å². The average molecular weight is 618 g/mol. The molecule has 1 aliphatic rings. The van der Waals surface area contributed by atoms with Crippen LogP contribution in [-0.4, -0.2) is 67.5 Å². The van der Waals surface area contributed by atoms with Crippen LogP contribution in [0.1, 0.15) is 49.5 Å². The quantitative estimate of drug-likeness (QED) is 0.179. The minimum atomic E-state index is -0.665. The summed E-state index contributed by atoms with van der Waals surface area (Å²) in [5.41, 5.74) is 1.03. The van der Waals surface area contributed by atoms with Gasteiger partial charge in [-0.25, -0.2) is 19.3 Å². The summed E-state index contributed by atoms with van der Waals surface area (Å²) < 4.78 is 18.8. The molecule has 1 aliphatic heterocycles. The lowest BCUT2D eigenvalue weighted by Gasteiger charge is -2.29. The Bertz CT molecular complexity index is 1850. The molecule has 3 N–H and O–H groups in total. The van der Waals surface area contributed by atoms with Crippen LogP contribution in [0.4, 0.5) is 10.6 Å². The SMILES string of the molecule is CC(C)(C)OC(=O)n1ccc2cccc(Oc3ccc(C(=O)c4c[nH]c5ncnc(N[C@@H]6CC[C@@H](CO)OC6)c45)c(Cl)c3)c21. The number of carbonyl (C=O) groups is 2. The zero-order valence-electron chi connectivity index (χ0n) is 24.5. The van der Waals surface area contributed by atoms with Crippen molar-refractivity contribution in [2.45, 2.75) is 51.4 Å². The van der Waals surface area contributed by atoms with Gasteiger partial charge in [-0.2, -0.15) is 0 Å². The van der Waals surface area contributed by atoms with Crippen LogP contribution in [0.15, 0.2) is 61.2 Å². The number of aliphatic hydroxyl groups excluding tert-OH is 1. The van der Waals surface area contributed by atoms with Gasteiger partial charge in [-0.15, -0.1) is 0 Å². The second kappa shape index (κ2) is 11.9. The van der Waals surface area contributed by atoms with Gasteiger partial charge in [0.2, 0.25) is 0 Å². The summed E-state index contributed by atoms with van der Waals surface area (Å²) in [6.07, 6.45) is 5.47. The lowest BCUT2D eigenvalue weighted by Crippen LogP contribution is -2.36. The second-order valence-electron chi connectivity index (χ2n) is 11.6. The molecular weight excluding hydrogens is 586 g/mol. The fraction of sp³-hybridized carbons (Fsp3) is 0.312. The zero-order chi connectivity index (χ0) is 31.0. The molecule has 12 heteroatoms. The van der Waals surface area contributed by atoms with Crippen LogP contribution in [-0.2, 0) is 9.47 Å². The predicted octanol–water partition coefficient (Wildman–Crippen LogP) is 6.32. The smallest absolute Gasteiger partial charge is 0.419 e. The molecule has 0 amide bonds. The number of benzene rings is 2. The first-order chi connectivity index (χ1) is 21.1. The molecule has 0 bridgehead atoms. The number of ether oxygens (including phenoxy) is 3. The van der Waals surface area contributed by atoms with Crippen molar-refractivity contribution in [1.82, 2.24) is 19.5 Å². The molecule has 1 saturated heterocycles. The molecule has 1 fully saturated rings.